The third kappa shape index (κ3) is 1.03. The highest BCUT2D eigenvalue weighted by Gasteiger charge is 2.20. The molecule has 0 saturated carbocycles. The van der Waals surface area contributed by atoms with Gasteiger partial charge in [0.25, 0.3) is 0 Å². The first kappa shape index (κ1) is 7.74. The van der Waals surface area contributed by atoms with Crippen LogP contribution in [0, 0.1) is 0 Å². The molecule has 1 aromatic carbocycles. The van der Waals surface area contributed by atoms with Gasteiger partial charge in [-0.05, 0) is 24.9 Å². The molecule has 12 heavy (non-hydrogen) atoms. The fourth-order valence-electron chi connectivity index (χ4n) is 1.35. The highest BCUT2D eigenvalue weighted by molar-refractivity contribution is 7.97. The molecule has 0 fully saturated rings. The van der Waals surface area contributed by atoms with Crippen molar-refractivity contribution in [2.24, 2.45) is 0 Å². The number of hydrogen-bond acceptors (Lipinski definition) is 2. The molecular formula is C10H11NS. The molecule has 1 aliphatic rings. The van der Waals surface area contributed by atoms with E-state index in [1.807, 2.05) is 0 Å². The summed E-state index contributed by atoms with van der Waals surface area (Å²) in [6.07, 6.45) is 0. The molecular weight excluding hydrogens is 166 g/mol. The molecule has 0 unspecified atom stereocenters. The Hall–Kier alpha value is -0.890. The predicted octanol–water partition coefficient (Wildman–Crippen LogP) is 3.00. The predicted molar refractivity (Wildman–Crippen MR) is 53.7 cm³/mol. The molecule has 0 amide bonds. The van der Waals surface area contributed by atoms with Crippen LogP contribution in [0.25, 0.3) is 5.70 Å². The Morgan fingerprint density at radius 3 is 2.83 bits per heavy atom. The molecule has 0 N–H and O–H groups in total. The van der Waals surface area contributed by atoms with Gasteiger partial charge in [-0.1, -0.05) is 24.8 Å². The summed E-state index contributed by atoms with van der Waals surface area (Å²) in [6.45, 7) is 7.21. The van der Waals surface area contributed by atoms with Crippen LogP contribution in [-0.4, -0.2) is 10.8 Å². The van der Waals surface area contributed by atoms with Gasteiger partial charge in [-0.15, -0.1) is 0 Å². The number of hydrogen-bond donors (Lipinski definition) is 0. The zero-order valence-electron chi connectivity index (χ0n) is 7.08. The monoisotopic (exact) mass is 177 g/mol. The summed E-state index contributed by atoms with van der Waals surface area (Å²) in [5.74, 6) is 0. The average molecular weight is 177 g/mol. The van der Waals surface area contributed by atoms with Gasteiger partial charge in [-0.2, -0.15) is 0 Å². The molecule has 0 aliphatic carbocycles. The summed E-state index contributed by atoms with van der Waals surface area (Å²) in [7, 11) is 0. The Labute approximate surface area is 77.2 Å². The molecule has 0 aromatic heterocycles. The van der Waals surface area contributed by atoms with Crippen molar-refractivity contribution in [3.8, 4) is 0 Å². The van der Waals surface area contributed by atoms with Gasteiger partial charge in [0.15, 0.2) is 0 Å². The van der Waals surface area contributed by atoms with E-state index in [-0.39, 0.29) is 0 Å². The van der Waals surface area contributed by atoms with Crippen LogP contribution in [0.4, 0.5) is 0 Å². The minimum atomic E-state index is 1.01. The molecule has 0 spiro atoms. The Morgan fingerprint density at radius 2 is 2.17 bits per heavy atom. The standard InChI is InChI=1S/C10H11NS/c1-3-11-8(2)9-6-4-5-7-10(9)12-11/h4-7H,2-3H2,1H3. The van der Waals surface area contributed by atoms with E-state index in [0.717, 1.165) is 12.2 Å². The molecule has 1 nitrogen and oxygen atoms in total. The number of nitrogens with zero attached hydrogens (tertiary/aromatic N) is 1. The van der Waals surface area contributed by atoms with Crippen LogP contribution in [0.1, 0.15) is 12.5 Å². The lowest BCUT2D eigenvalue weighted by Crippen LogP contribution is -2.05. The molecule has 2 heteroatoms. The Balaban J connectivity index is 2.42. The van der Waals surface area contributed by atoms with Gasteiger partial charge in [0.05, 0.1) is 0 Å². The quantitative estimate of drug-likeness (QED) is 0.607. The minimum absolute atomic E-state index is 1.01. The molecule has 0 atom stereocenters. The van der Waals surface area contributed by atoms with Crippen molar-refractivity contribution in [2.45, 2.75) is 11.8 Å². The molecule has 0 radical (unpaired) electrons. The molecule has 62 valence electrons. The maximum absolute atomic E-state index is 4.05. The third-order valence-electron chi connectivity index (χ3n) is 1.99. The van der Waals surface area contributed by atoms with Crippen LogP contribution >= 0.6 is 11.9 Å². The Morgan fingerprint density at radius 1 is 1.42 bits per heavy atom. The van der Waals surface area contributed by atoms with Crippen molar-refractivity contribution in [3.63, 3.8) is 0 Å². The first-order chi connectivity index (χ1) is 5.83. The summed E-state index contributed by atoms with van der Waals surface area (Å²) >= 11 is 1.78. The maximum Gasteiger partial charge on any atom is 0.0485 e. The first-order valence-electron chi connectivity index (χ1n) is 4.06. The fourth-order valence-corrected chi connectivity index (χ4v) is 2.35. The Kier molecular flexibility index (Phi) is 1.85. The smallest absolute Gasteiger partial charge is 0.0485 e. The maximum atomic E-state index is 4.05. The van der Waals surface area contributed by atoms with E-state index in [9.17, 15) is 0 Å². The normalized spacial score (nSPS) is 15.1. The number of rotatable bonds is 1. The van der Waals surface area contributed by atoms with Gasteiger partial charge in [-0.25, -0.2) is 0 Å². The molecule has 0 saturated heterocycles. The van der Waals surface area contributed by atoms with E-state index in [4.69, 9.17) is 0 Å². The van der Waals surface area contributed by atoms with Crippen LogP contribution in [0.15, 0.2) is 35.7 Å². The van der Waals surface area contributed by atoms with Crippen LogP contribution in [0.3, 0.4) is 0 Å². The SMILES string of the molecule is C=C1c2ccccc2SN1CC. The van der Waals surface area contributed by atoms with E-state index >= 15 is 0 Å². The molecule has 0 bridgehead atoms. The summed E-state index contributed by atoms with van der Waals surface area (Å²) < 4.78 is 2.21. The van der Waals surface area contributed by atoms with E-state index in [1.54, 1.807) is 11.9 Å². The van der Waals surface area contributed by atoms with E-state index in [0.29, 0.717) is 0 Å². The van der Waals surface area contributed by atoms with E-state index < -0.39 is 0 Å². The molecule has 2 rings (SSSR count). The minimum Gasteiger partial charge on any atom is -0.312 e. The van der Waals surface area contributed by atoms with Crippen LogP contribution in [-0.2, 0) is 0 Å². The second-order valence-corrected chi connectivity index (χ2v) is 3.79. The van der Waals surface area contributed by atoms with Gasteiger partial charge >= 0.3 is 0 Å². The second kappa shape index (κ2) is 2.87. The Bertz CT molecular complexity index is 319. The number of benzene rings is 1. The van der Waals surface area contributed by atoms with Crippen LogP contribution < -0.4 is 0 Å². The van der Waals surface area contributed by atoms with E-state index in [2.05, 4.69) is 42.1 Å². The molecule has 1 heterocycles. The van der Waals surface area contributed by atoms with E-state index in [1.165, 1.54) is 10.5 Å². The largest absolute Gasteiger partial charge is 0.312 e. The van der Waals surface area contributed by atoms with Crippen molar-refractivity contribution >= 4 is 17.6 Å². The topological polar surface area (TPSA) is 3.24 Å². The highest BCUT2D eigenvalue weighted by atomic mass is 32.2. The van der Waals surface area contributed by atoms with Crippen LogP contribution in [0.5, 0.6) is 0 Å². The first-order valence-corrected chi connectivity index (χ1v) is 4.84. The van der Waals surface area contributed by atoms with Crippen LogP contribution in [0.2, 0.25) is 0 Å². The lowest BCUT2D eigenvalue weighted by molar-refractivity contribution is 0.698. The average Bonchev–Trinajstić information content (AvgIpc) is 2.44. The second-order valence-electron chi connectivity index (χ2n) is 2.73. The number of fused-ring (bicyclic) bond motifs is 1. The summed E-state index contributed by atoms with van der Waals surface area (Å²) in [5.41, 5.74) is 2.42. The van der Waals surface area contributed by atoms with Gasteiger partial charge in [0, 0.05) is 22.7 Å². The summed E-state index contributed by atoms with van der Waals surface area (Å²) in [5, 5.41) is 0. The van der Waals surface area contributed by atoms with Crippen molar-refractivity contribution in [1.82, 2.24) is 4.31 Å². The van der Waals surface area contributed by atoms with Gasteiger partial charge in [0.1, 0.15) is 0 Å². The summed E-state index contributed by atoms with van der Waals surface area (Å²) in [4.78, 5) is 1.32. The fraction of sp³-hybridized carbons (Fsp3) is 0.200. The zero-order valence-corrected chi connectivity index (χ0v) is 7.90. The lowest BCUT2D eigenvalue weighted by atomic mass is 10.2. The van der Waals surface area contributed by atoms with Crippen molar-refractivity contribution < 1.29 is 0 Å². The molecule has 1 aromatic rings. The van der Waals surface area contributed by atoms with Gasteiger partial charge in [0.2, 0.25) is 0 Å². The molecule has 1 aliphatic heterocycles. The lowest BCUT2D eigenvalue weighted by Gasteiger charge is -2.13. The van der Waals surface area contributed by atoms with Gasteiger partial charge < -0.3 is 4.31 Å². The van der Waals surface area contributed by atoms with Gasteiger partial charge in [-0.3, -0.25) is 0 Å². The van der Waals surface area contributed by atoms with Crippen molar-refractivity contribution in [3.05, 3.63) is 36.4 Å². The van der Waals surface area contributed by atoms with Crippen molar-refractivity contribution in [1.29, 1.82) is 0 Å². The van der Waals surface area contributed by atoms with Crippen molar-refractivity contribution in [2.75, 3.05) is 6.54 Å². The zero-order chi connectivity index (χ0) is 8.55. The summed E-state index contributed by atoms with van der Waals surface area (Å²) in [6, 6.07) is 8.39. The third-order valence-corrected chi connectivity index (χ3v) is 3.25. The highest BCUT2D eigenvalue weighted by Crippen LogP contribution is 2.41.